The molecule has 5 heteroatoms. The summed E-state index contributed by atoms with van der Waals surface area (Å²) in [6, 6.07) is 8.08. The Hall–Kier alpha value is -1.58. The SMILES string of the molecule is Cn1cc(-c2nc(Cl)ncc2Cl)c2ccccc21. The van der Waals surface area contributed by atoms with E-state index in [-0.39, 0.29) is 5.28 Å². The standard InChI is InChI=1S/C13H9Cl2N3/c1-18-7-9(8-4-2-3-5-11(8)18)12-10(14)6-16-13(15)17-12/h2-7H,1H3. The molecule has 0 N–H and O–H groups in total. The smallest absolute Gasteiger partial charge is 0.222 e. The monoisotopic (exact) mass is 277 g/mol. The van der Waals surface area contributed by atoms with Crippen LogP contribution in [0.2, 0.25) is 10.3 Å². The molecule has 0 saturated heterocycles. The number of aryl methyl sites for hydroxylation is 1. The predicted octanol–water partition coefficient (Wildman–Crippen LogP) is 3.94. The summed E-state index contributed by atoms with van der Waals surface area (Å²) >= 11 is 12.0. The molecule has 2 aromatic heterocycles. The number of nitrogens with zero attached hydrogens (tertiary/aromatic N) is 3. The Morgan fingerprint density at radius 2 is 1.94 bits per heavy atom. The van der Waals surface area contributed by atoms with Crippen molar-refractivity contribution in [3.63, 3.8) is 0 Å². The summed E-state index contributed by atoms with van der Waals surface area (Å²) in [4.78, 5) is 8.08. The average molecular weight is 278 g/mol. The largest absolute Gasteiger partial charge is 0.350 e. The van der Waals surface area contributed by atoms with Crippen LogP contribution in [0, 0.1) is 0 Å². The maximum Gasteiger partial charge on any atom is 0.222 e. The van der Waals surface area contributed by atoms with E-state index >= 15 is 0 Å². The van der Waals surface area contributed by atoms with Crippen LogP contribution in [0.25, 0.3) is 22.2 Å². The van der Waals surface area contributed by atoms with Crippen molar-refractivity contribution in [3.8, 4) is 11.3 Å². The molecule has 3 nitrogen and oxygen atoms in total. The van der Waals surface area contributed by atoms with Gasteiger partial charge in [0, 0.05) is 29.7 Å². The first-order chi connectivity index (χ1) is 8.66. The number of aromatic nitrogens is 3. The zero-order valence-electron chi connectivity index (χ0n) is 9.56. The predicted molar refractivity (Wildman–Crippen MR) is 74.0 cm³/mol. The van der Waals surface area contributed by atoms with E-state index in [2.05, 4.69) is 16.0 Å². The Labute approximate surface area is 114 Å². The minimum absolute atomic E-state index is 0.197. The van der Waals surface area contributed by atoms with Gasteiger partial charge in [-0.25, -0.2) is 9.97 Å². The van der Waals surface area contributed by atoms with Crippen LogP contribution in [0.1, 0.15) is 0 Å². The van der Waals surface area contributed by atoms with Gasteiger partial charge in [-0.15, -0.1) is 0 Å². The maximum absolute atomic E-state index is 6.15. The van der Waals surface area contributed by atoms with Crippen molar-refractivity contribution in [2.75, 3.05) is 0 Å². The van der Waals surface area contributed by atoms with Crippen molar-refractivity contribution in [1.82, 2.24) is 14.5 Å². The Kier molecular flexibility index (Phi) is 2.73. The number of halogens is 2. The molecule has 0 radical (unpaired) electrons. The number of rotatable bonds is 1. The lowest BCUT2D eigenvalue weighted by Gasteiger charge is -2.01. The van der Waals surface area contributed by atoms with Crippen LogP contribution in [0.4, 0.5) is 0 Å². The molecule has 0 aliphatic heterocycles. The van der Waals surface area contributed by atoms with Crippen LogP contribution in [0.15, 0.2) is 36.7 Å². The van der Waals surface area contributed by atoms with E-state index in [1.165, 1.54) is 6.20 Å². The molecule has 3 rings (SSSR count). The molecule has 0 aliphatic rings. The van der Waals surface area contributed by atoms with Crippen molar-refractivity contribution in [2.24, 2.45) is 7.05 Å². The van der Waals surface area contributed by atoms with Gasteiger partial charge in [0.15, 0.2) is 0 Å². The molecule has 90 valence electrons. The van der Waals surface area contributed by atoms with Crippen molar-refractivity contribution < 1.29 is 0 Å². The van der Waals surface area contributed by atoms with E-state index in [0.717, 1.165) is 16.5 Å². The summed E-state index contributed by atoms with van der Waals surface area (Å²) in [7, 11) is 1.99. The molecule has 0 spiro atoms. The van der Waals surface area contributed by atoms with E-state index in [0.29, 0.717) is 10.7 Å². The molecule has 1 aromatic carbocycles. The lowest BCUT2D eigenvalue weighted by Crippen LogP contribution is -1.88. The molecule has 0 bridgehead atoms. The van der Waals surface area contributed by atoms with Crippen molar-refractivity contribution in [1.29, 1.82) is 0 Å². The summed E-state index contributed by atoms with van der Waals surface area (Å²) in [5, 5.41) is 1.79. The quantitative estimate of drug-likeness (QED) is 0.631. The van der Waals surface area contributed by atoms with Gasteiger partial charge in [0.1, 0.15) is 0 Å². The van der Waals surface area contributed by atoms with Crippen LogP contribution in [-0.2, 0) is 7.05 Å². The van der Waals surface area contributed by atoms with Crippen molar-refractivity contribution in [2.45, 2.75) is 0 Å². The Balaban J connectivity index is 2.35. The Bertz CT molecular complexity index is 734. The van der Waals surface area contributed by atoms with Gasteiger partial charge in [-0.05, 0) is 17.7 Å². The highest BCUT2D eigenvalue weighted by atomic mass is 35.5. The summed E-state index contributed by atoms with van der Waals surface area (Å²) < 4.78 is 2.04. The summed E-state index contributed by atoms with van der Waals surface area (Å²) in [5.41, 5.74) is 2.74. The van der Waals surface area contributed by atoms with Crippen LogP contribution < -0.4 is 0 Å². The molecule has 18 heavy (non-hydrogen) atoms. The molecule has 3 aromatic rings. The van der Waals surface area contributed by atoms with E-state index in [4.69, 9.17) is 23.2 Å². The average Bonchev–Trinajstić information content (AvgIpc) is 2.71. The molecule has 0 unspecified atom stereocenters. The zero-order chi connectivity index (χ0) is 12.7. The highest BCUT2D eigenvalue weighted by molar-refractivity contribution is 6.34. The van der Waals surface area contributed by atoms with E-state index in [9.17, 15) is 0 Å². The second kappa shape index (κ2) is 4.26. The molecule has 0 fully saturated rings. The fraction of sp³-hybridized carbons (Fsp3) is 0.0769. The number of benzene rings is 1. The third-order valence-electron chi connectivity index (χ3n) is 2.87. The van der Waals surface area contributed by atoms with Crippen molar-refractivity contribution >= 4 is 34.1 Å². The number of fused-ring (bicyclic) bond motifs is 1. The molecule has 0 aliphatic carbocycles. The fourth-order valence-electron chi connectivity index (χ4n) is 2.06. The van der Waals surface area contributed by atoms with Crippen LogP contribution in [0.3, 0.4) is 0 Å². The van der Waals surface area contributed by atoms with Gasteiger partial charge < -0.3 is 4.57 Å². The molecule has 0 amide bonds. The van der Waals surface area contributed by atoms with Crippen LogP contribution >= 0.6 is 23.2 Å². The van der Waals surface area contributed by atoms with Crippen LogP contribution in [-0.4, -0.2) is 14.5 Å². The van der Waals surface area contributed by atoms with Gasteiger partial charge in [0.05, 0.1) is 16.9 Å². The number of hydrogen-bond donors (Lipinski definition) is 0. The van der Waals surface area contributed by atoms with Gasteiger partial charge in [-0.1, -0.05) is 29.8 Å². The van der Waals surface area contributed by atoms with Gasteiger partial charge >= 0.3 is 0 Å². The topological polar surface area (TPSA) is 30.7 Å². The minimum atomic E-state index is 0.197. The Morgan fingerprint density at radius 3 is 2.78 bits per heavy atom. The fourth-order valence-corrected chi connectivity index (χ4v) is 2.39. The molecule has 0 saturated carbocycles. The second-order valence-electron chi connectivity index (χ2n) is 4.01. The first-order valence-corrected chi connectivity index (χ1v) is 6.15. The summed E-state index contributed by atoms with van der Waals surface area (Å²) in [6.07, 6.45) is 3.52. The lowest BCUT2D eigenvalue weighted by molar-refractivity contribution is 0.969. The highest BCUT2D eigenvalue weighted by Crippen LogP contribution is 2.33. The number of para-hydroxylation sites is 1. The van der Waals surface area contributed by atoms with Gasteiger partial charge in [-0.3, -0.25) is 0 Å². The summed E-state index contributed by atoms with van der Waals surface area (Å²) in [6.45, 7) is 0. The van der Waals surface area contributed by atoms with Gasteiger partial charge in [0.25, 0.3) is 0 Å². The highest BCUT2D eigenvalue weighted by Gasteiger charge is 2.13. The number of hydrogen-bond acceptors (Lipinski definition) is 2. The Morgan fingerprint density at radius 1 is 1.17 bits per heavy atom. The molecular formula is C13H9Cl2N3. The first kappa shape index (κ1) is 11.5. The van der Waals surface area contributed by atoms with Gasteiger partial charge in [-0.2, -0.15) is 0 Å². The van der Waals surface area contributed by atoms with Crippen LogP contribution in [0.5, 0.6) is 0 Å². The van der Waals surface area contributed by atoms with Crippen molar-refractivity contribution in [3.05, 3.63) is 47.0 Å². The lowest BCUT2D eigenvalue weighted by atomic mass is 10.1. The third kappa shape index (κ3) is 1.76. The van der Waals surface area contributed by atoms with E-state index < -0.39 is 0 Å². The summed E-state index contributed by atoms with van der Waals surface area (Å²) in [5.74, 6) is 0. The third-order valence-corrected chi connectivity index (χ3v) is 3.33. The minimum Gasteiger partial charge on any atom is -0.350 e. The van der Waals surface area contributed by atoms with E-state index in [1.54, 1.807) is 0 Å². The molecular weight excluding hydrogens is 269 g/mol. The molecule has 2 heterocycles. The maximum atomic E-state index is 6.15. The first-order valence-electron chi connectivity index (χ1n) is 5.39. The van der Waals surface area contributed by atoms with E-state index in [1.807, 2.05) is 36.0 Å². The van der Waals surface area contributed by atoms with Gasteiger partial charge in [0.2, 0.25) is 5.28 Å². The molecule has 0 atom stereocenters. The second-order valence-corrected chi connectivity index (χ2v) is 4.75. The zero-order valence-corrected chi connectivity index (χ0v) is 11.1. The normalized spacial score (nSPS) is 11.1.